The first-order chi connectivity index (χ1) is 11.8. The standard InChI is InChI=1S/C22H29NO/c23-15-19-5-3-17(4-6-19)1-2-18-7-11-21(12-8-18)22-13-9-20(16-24)10-14-22/h3-6,16,18,20-22H,1-2,7-14H2/t18-,20-,21-,22-. The van der Waals surface area contributed by atoms with Crippen molar-refractivity contribution in [3.8, 4) is 6.07 Å². The topological polar surface area (TPSA) is 40.9 Å². The van der Waals surface area contributed by atoms with Crippen molar-refractivity contribution in [3.63, 3.8) is 0 Å². The smallest absolute Gasteiger partial charge is 0.123 e. The average molecular weight is 323 g/mol. The van der Waals surface area contributed by atoms with E-state index in [0.717, 1.165) is 42.6 Å². The third-order valence-electron chi connectivity index (χ3n) is 6.49. The first kappa shape index (κ1) is 17.2. The summed E-state index contributed by atoms with van der Waals surface area (Å²) in [5, 5.41) is 8.86. The van der Waals surface area contributed by atoms with Crippen molar-refractivity contribution in [2.45, 2.75) is 64.2 Å². The van der Waals surface area contributed by atoms with Crippen LogP contribution in [0.1, 0.15) is 68.9 Å². The molecule has 0 radical (unpaired) electrons. The molecule has 2 saturated carbocycles. The summed E-state index contributed by atoms with van der Waals surface area (Å²) in [6, 6.07) is 10.3. The summed E-state index contributed by atoms with van der Waals surface area (Å²) in [5.41, 5.74) is 2.12. The maximum atomic E-state index is 10.9. The molecule has 0 spiro atoms. The van der Waals surface area contributed by atoms with E-state index in [1.54, 1.807) is 0 Å². The molecular formula is C22H29NO. The average Bonchev–Trinajstić information content (AvgIpc) is 2.67. The molecule has 0 aromatic heterocycles. The van der Waals surface area contributed by atoms with Gasteiger partial charge in [-0.25, -0.2) is 0 Å². The fraction of sp³-hybridized carbons (Fsp3) is 0.636. The van der Waals surface area contributed by atoms with Gasteiger partial charge in [0.05, 0.1) is 11.6 Å². The molecule has 0 N–H and O–H groups in total. The van der Waals surface area contributed by atoms with Gasteiger partial charge in [-0.1, -0.05) is 25.0 Å². The molecule has 2 aliphatic carbocycles. The van der Waals surface area contributed by atoms with Crippen LogP contribution in [0.4, 0.5) is 0 Å². The molecule has 0 atom stereocenters. The highest BCUT2D eigenvalue weighted by Crippen LogP contribution is 2.41. The maximum Gasteiger partial charge on any atom is 0.123 e. The Morgan fingerprint density at radius 2 is 1.50 bits per heavy atom. The number of carbonyl (C=O) groups excluding carboxylic acids is 1. The molecule has 2 nitrogen and oxygen atoms in total. The highest BCUT2D eigenvalue weighted by Gasteiger charge is 2.30. The van der Waals surface area contributed by atoms with Crippen molar-refractivity contribution in [2.75, 3.05) is 0 Å². The quantitative estimate of drug-likeness (QED) is 0.690. The Balaban J connectivity index is 1.39. The molecule has 24 heavy (non-hydrogen) atoms. The van der Waals surface area contributed by atoms with Gasteiger partial charge >= 0.3 is 0 Å². The Bertz CT molecular complexity index is 555. The normalized spacial score (nSPS) is 30.5. The lowest BCUT2D eigenvalue weighted by atomic mass is 9.69. The lowest BCUT2D eigenvalue weighted by Gasteiger charge is -2.37. The van der Waals surface area contributed by atoms with E-state index in [4.69, 9.17) is 5.26 Å². The first-order valence-corrected chi connectivity index (χ1v) is 9.73. The number of aryl methyl sites for hydroxylation is 1. The molecule has 0 bridgehead atoms. The molecule has 128 valence electrons. The second-order valence-electron chi connectivity index (χ2n) is 7.94. The molecular weight excluding hydrogens is 294 g/mol. The van der Waals surface area contributed by atoms with Crippen molar-refractivity contribution < 1.29 is 4.79 Å². The lowest BCUT2D eigenvalue weighted by Crippen LogP contribution is -2.26. The van der Waals surface area contributed by atoms with Gasteiger partial charge in [-0.3, -0.25) is 0 Å². The van der Waals surface area contributed by atoms with Gasteiger partial charge in [0.15, 0.2) is 0 Å². The predicted molar refractivity (Wildman–Crippen MR) is 96.4 cm³/mol. The van der Waals surface area contributed by atoms with Crippen molar-refractivity contribution in [1.82, 2.24) is 0 Å². The number of rotatable bonds is 5. The third-order valence-corrected chi connectivity index (χ3v) is 6.49. The zero-order chi connectivity index (χ0) is 16.8. The van der Waals surface area contributed by atoms with Gasteiger partial charge in [0.2, 0.25) is 0 Å². The molecule has 2 fully saturated rings. The highest BCUT2D eigenvalue weighted by molar-refractivity contribution is 5.53. The van der Waals surface area contributed by atoms with Gasteiger partial charge in [-0.15, -0.1) is 0 Å². The van der Waals surface area contributed by atoms with E-state index < -0.39 is 0 Å². The minimum atomic E-state index is 0.352. The number of hydrogen-bond donors (Lipinski definition) is 0. The monoisotopic (exact) mass is 323 g/mol. The third kappa shape index (κ3) is 4.47. The summed E-state index contributed by atoms with van der Waals surface area (Å²) in [5.74, 6) is 3.04. The minimum absolute atomic E-state index is 0.352. The number of nitrogens with zero attached hydrogens (tertiary/aromatic N) is 1. The largest absolute Gasteiger partial charge is 0.303 e. The van der Waals surface area contributed by atoms with Gasteiger partial charge in [-0.05, 0) is 86.8 Å². The van der Waals surface area contributed by atoms with Gasteiger partial charge in [0, 0.05) is 5.92 Å². The van der Waals surface area contributed by atoms with Crippen LogP contribution in [0, 0.1) is 35.0 Å². The summed E-state index contributed by atoms with van der Waals surface area (Å²) < 4.78 is 0. The molecule has 0 unspecified atom stereocenters. The summed E-state index contributed by atoms with van der Waals surface area (Å²) in [6.45, 7) is 0. The van der Waals surface area contributed by atoms with Crippen molar-refractivity contribution >= 4 is 6.29 Å². The number of aldehydes is 1. The summed E-state index contributed by atoms with van der Waals surface area (Å²) >= 11 is 0. The Kier molecular flexibility index (Phi) is 6.07. The van der Waals surface area contributed by atoms with E-state index in [0.29, 0.717) is 5.92 Å². The van der Waals surface area contributed by atoms with Crippen LogP contribution in [-0.2, 0) is 11.2 Å². The molecule has 0 aliphatic heterocycles. The fourth-order valence-corrected chi connectivity index (χ4v) is 4.82. The Labute approximate surface area is 146 Å². The first-order valence-electron chi connectivity index (χ1n) is 9.73. The summed E-state index contributed by atoms with van der Waals surface area (Å²) in [7, 11) is 0. The number of nitriles is 1. The van der Waals surface area contributed by atoms with Crippen LogP contribution in [0.2, 0.25) is 0 Å². The fourth-order valence-electron chi connectivity index (χ4n) is 4.82. The number of hydrogen-bond acceptors (Lipinski definition) is 2. The second-order valence-corrected chi connectivity index (χ2v) is 7.94. The van der Waals surface area contributed by atoms with E-state index in [-0.39, 0.29) is 0 Å². The van der Waals surface area contributed by atoms with E-state index in [1.165, 1.54) is 56.8 Å². The Morgan fingerprint density at radius 1 is 0.917 bits per heavy atom. The van der Waals surface area contributed by atoms with E-state index >= 15 is 0 Å². The minimum Gasteiger partial charge on any atom is -0.303 e. The highest BCUT2D eigenvalue weighted by atomic mass is 16.1. The van der Waals surface area contributed by atoms with Gasteiger partial charge in [-0.2, -0.15) is 5.26 Å². The second kappa shape index (κ2) is 8.47. The zero-order valence-electron chi connectivity index (χ0n) is 14.6. The summed E-state index contributed by atoms with van der Waals surface area (Å²) in [6.07, 6.45) is 14.0. The summed E-state index contributed by atoms with van der Waals surface area (Å²) in [4.78, 5) is 10.9. The number of benzene rings is 1. The zero-order valence-corrected chi connectivity index (χ0v) is 14.6. The molecule has 0 heterocycles. The number of carbonyl (C=O) groups is 1. The van der Waals surface area contributed by atoms with Crippen LogP contribution in [0.3, 0.4) is 0 Å². The van der Waals surface area contributed by atoms with E-state index in [2.05, 4.69) is 18.2 Å². The lowest BCUT2D eigenvalue weighted by molar-refractivity contribution is -0.112. The predicted octanol–water partition coefficient (Wildman–Crippen LogP) is 5.30. The SMILES string of the molecule is N#Cc1ccc(CC[C@H]2CC[C@H]([C@H]3CC[C@H](C=O)CC3)CC2)cc1. The van der Waals surface area contributed by atoms with Gasteiger partial charge in [0.1, 0.15) is 6.29 Å². The molecule has 2 heteroatoms. The molecule has 1 aromatic carbocycles. The molecule has 2 aliphatic rings. The van der Waals surface area contributed by atoms with Crippen LogP contribution < -0.4 is 0 Å². The molecule has 0 saturated heterocycles. The van der Waals surface area contributed by atoms with Crippen LogP contribution >= 0.6 is 0 Å². The van der Waals surface area contributed by atoms with Crippen LogP contribution in [-0.4, -0.2) is 6.29 Å². The van der Waals surface area contributed by atoms with Crippen molar-refractivity contribution in [2.24, 2.45) is 23.7 Å². The van der Waals surface area contributed by atoms with E-state index in [1.807, 2.05) is 12.1 Å². The van der Waals surface area contributed by atoms with Crippen molar-refractivity contribution in [3.05, 3.63) is 35.4 Å². The van der Waals surface area contributed by atoms with Gasteiger partial charge < -0.3 is 4.79 Å². The molecule has 1 aromatic rings. The van der Waals surface area contributed by atoms with Crippen LogP contribution in [0.15, 0.2) is 24.3 Å². The van der Waals surface area contributed by atoms with Crippen LogP contribution in [0.5, 0.6) is 0 Å². The molecule has 0 amide bonds. The maximum absolute atomic E-state index is 10.9. The van der Waals surface area contributed by atoms with Crippen LogP contribution in [0.25, 0.3) is 0 Å². The Hall–Kier alpha value is -1.62. The van der Waals surface area contributed by atoms with E-state index in [9.17, 15) is 4.79 Å². The Morgan fingerprint density at radius 3 is 2.04 bits per heavy atom. The van der Waals surface area contributed by atoms with Crippen molar-refractivity contribution in [1.29, 1.82) is 5.26 Å². The molecule has 3 rings (SSSR count). The van der Waals surface area contributed by atoms with Gasteiger partial charge in [0.25, 0.3) is 0 Å².